The van der Waals surface area contributed by atoms with Gasteiger partial charge >= 0.3 is 0 Å². The maximum atomic E-state index is 13.0. The Bertz CT molecular complexity index is 716. The molecule has 0 radical (unpaired) electrons. The van der Waals surface area contributed by atoms with Crippen LogP contribution in [0.5, 0.6) is 0 Å². The molecule has 2 rings (SSSR count). The van der Waals surface area contributed by atoms with Gasteiger partial charge < -0.3 is 5.73 Å². The summed E-state index contributed by atoms with van der Waals surface area (Å²) in [6.07, 6.45) is 0.628. The van der Waals surface area contributed by atoms with Gasteiger partial charge in [-0.05, 0) is 43.3 Å². The summed E-state index contributed by atoms with van der Waals surface area (Å²) in [6.45, 7) is 0.459. The zero-order valence-corrected chi connectivity index (χ0v) is 12.7. The molecule has 0 aliphatic heterocycles. The third kappa shape index (κ3) is 3.49. The van der Waals surface area contributed by atoms with Crippen molar-refractivity contribution in [3.05, 3.63) is 46.0 Å². The molecule has 0 amide bonds. The van der Waals surface area contributed by atoms with E-state index < -0.39 is 15.8 Å². The second-order valence-electron chi connectivity index (χ2n) is 3.99. The van der Waals surface area contributed by atoms with Crippen LogP contribution in [0.15, 0.2) is 34.5 Å². The predicted molar refractivity (Wildman–Crippen MR) is 79.3 cm³/mol. The Morgan fingerprint density at radius 1 is 1.30 bits per heavy atom. The highest BCUT2D eigenvalue weighted by molar-refractivity contribution is 7.94. The largest absolute Gasteiger partial charge is 0.330 e. The van der Waals surface area contributed by atoms with Gasteiger partial charge in [-0.15, -0.1) is 11.3 Å². The topological polar surface area (TPSA) is 72.2 Å². The minimum atomic E-state index is -3.69. The molecule has 0 saturated carbocycles. The van der Waals surface area contributed by atoms with Gasteiger partial charge in [0.1, 0.15) is 10.0 Å². The Morgan fingerprint density at radius 2 is 2.05 bits per heavy atom. The van der Waals surface area contributed by atoms with Crippen molar-refractivity contribution < 1.29 is 12.8 Å². The van der Waals surface area contributed by atoms with Crippen molar-refractivity contribution in [2.45, 2.75) is 10.6 Å². The van der Waals surface area contributed by atoms with E-state index >= 15 is 0 Å². The van der Waals surface area contributed by atoms with Crippen molar-refractivity contribution in [1.29, 1.82) is 0 Å². The molecular weight excluding hydrogens is 323 g/mol. The number of hydrogen-bond acceptors (Lipinski definition) is 4. The summed E-state index contributed by atoms with van der Waals surface area (Å²) in [5.41, 5.74) is 5.64. The van der Waals surface area contributed by atoms with E-state index in [0.717, 1.165) is 22.3 Å². The van der Waals surface area contributed by atoms with Gasteiger partial charge in [0.15, 0.2) is 0 Å². The van der Waals surface area contributed by atoms with Gasteiger partial charge in [0.2, 0.25) is 0 Å². The number of sulfonamides is 1. The average Bonchev–Trinajstić information content (AvgIpc) is 2.83. The highest BCUT2D eigenvalue weighted by Crippen LogP contribution is 2.26. The van der Waals surface area contributed by atoms with Gasteiger partial charge in [-0.1, -0.05) is 11.6 Å². The first kappa shape index (κ1) is 15.2. The SMILES string of the molecule is NCCc1ccc(S(=O)(=O)Nc2ccc(F)c(Cl)c2)s1. The molecule has 1 aromatic heterocycles. The summed E-state index contributed by atoms with van der Waals surface area (Å²) in [4.78, 5) is 0.894. The van der Waals surface area contributed by atoms with Crippen LogP contribution < -0.4 is 10.5 Å². The molecular formula is C12H12ClFN2O2S2. The molecule has 8 heteroatoms. The monoisotopic (exact) mass is 334 g/mol. The van der Waals surface area contributed by atoms with E-state index in [1.54, 1.807) is 6.07 Å². The van der Waals surface area contributed by atoms with E-state index in [9.17, 15) is 12.8 Å². The molecule has 1 heterocycles. The number of hydrogen-bond donors (Lipinski definition) is 2. The standard InChI is InChI=1S/C12H12ClFN2O2S2/c13-10-7-8(1-3-11(10)14)16-20(17,18)12-4-2-9(19-12)5-6-15/h1-4,7,16H,5-6,15H2. The van der Waals surface area contributed by atoms with Crippen LogP contribution in [0.4, 0.5) is 10.1 Å². The fourth-order valence-electron chi connectivity index (χ4n) is 1.54. The summed E-state index contributed by atoms with van der Waals surface area (Å²) in [5, 5.41) is -0.139. The van der Waals surface area contributed by atoms with Gasteiger partial charge in [0.25, 0.3) is 10.0 Å². The Morgan fingerprint density at radius 3 is 2.70 bits per heavy atom. The Kier molecular flexibility index (Phi) is 4.64. The lowest BCUT2D eigenvalue weighted by Crippen LogP contribution is -2.11. The maximum absolute atomic E-state index is 13.0. The van der Waals surface area contributed by atoms with Gasteiger partial charge in [-0.3, -0.25) is 4.72 Å². The number of halogens is 2. The Hall–Kier alpha value is -1.15. The second kappa shape index (κ2) is 6.09. The van der Waals surface area contributed by atoms with E-state index in [2.05, 4.69) is 4.72 Å². The van der Waals surface area contributed by atoms with E-state index in [0.29, 0.717) is 13.0 Å². The summed E-state index contributed by atoms with van der Waals surface area (Å²) < 4.78 is 39.9. The van der Waals surface area contributed by atoms with Crippen molar-refractivity contribution >= 4 is 38.6 Å². The van der Waals surface area contributed by atoms with Crippen molar-refractivity contribution in [1.82, 2.24) is 0 Å². The van der Waals surface area contributed by atoms with Crippen LogP contribution in [0.1, 0.15) is 4.88 Å². The first-order valence-corrected chi connectivity index (χ1v) is 8.37. The lowest BCUT2D eigenvalue weighted by atomic mass is 10.3. The van der Waals surface area contributed by atoms with Crippen molar-refractivity contribution in [3.8, 4) is 0 Å². The molecule has 0 bridgehead atoms. The molecule has 3 N–H and O–H groups in total. The number of nitrogens with two attached hydrogens (primary N) is 1. The normalized spacial score (nSPS) is 11.6. The quantitative estimate of drug-likeness (QED) is 0.883. The van der Waals surface area contributed by atoms with Crippen LogP contribution in [-0.4, -0.2) is 15.0 Å². The minimum Gasteiger partial charge on any atom is -0.330 e. The fourth-order valence-corrected chi connectivity index (χ4v) is 4.15. The number of benzene rings is 1. The lowest BCUT2D eigenvalue weighted by molar-refractivity contribution is 0.603. The lowest BCUT2D eigenvalue weighted by Gasteiger charge is -2.06. The number of rotatable bonds is 5. The van der Waals surface area contributed by atoms with Crippen molar-refractivity contribution in [3.63, 3.8) is 0 Å². The number of anilines is 1. The zero-order chi connectivity index (χ0) is 14.8. The van der Waals surface area contributed by atoms with Crippen LogP contribution in [0.2, 0.25) is 5.02 Å². The van der Waals surface area contributed by atoms with Gasteiger partial charge in [-0.25, -0.2) is 12.8 Å². The summed E-state index contributed by atoms with van der Waals surface area (Å²) >= 11 is 6.77. The van der Waals surface area contributed by atoms with Gasteiger partial charge in [0, 0.05) is 4.88 Å². The third-order valence-electron chi connectivity index (χ3n) is 2.46. The molecule has 0 unspecified atom stereocenters. The number of nitrogens with one attached hydrogen (secondary N) is 1. The predicted octanol–water partition coefficient (Wildman–Crippen LogP) is 2.84. The highest BCUT2D eigenvalue weighted by atomic mass is 35.5. The first-order chi connectivity index (χ1) is 9.42. The van der Waals surface area contributed by atoms with Crippen LogP contribution in [-0.2, 0) is 16.4 Å². The molecule has 20 heavy (non-hydrogen) atoms. The number of thiophene rings is 1. The molecule has 0 spiro atoms. The van der Waals surface area contributed by atoms with E-state index in [1.807, 2.05) is 0 Å². The van der Waals surface area contributed by atoms with Crippen molar-refractivity contribution in [2.24, 2.45) is 5.73 Å². The smallest absolute Gasteiger partial charge is 0.271 e. The first-order valence-electron chi connectivity index (χ1n) is 5.69. The van der Waals surface area contributed by atoms with Gasteiger partial charge in [-0.2, -0.15) is 0 Å². The molecule has 108 valence electrons. The molecule has 0 fully saturated rings. The van der Waals surface area contributed by atoms with Crippen LogP contribution in [0.3, 0.4) is 0 Å². The van der Waals surface area contributed by atoms with Crippen LogP contribution in [0, 0.1) is 5.82 Å². The van der Waals surface area contributed by atoms with Crippen LogP contribution >= 0.6 is 22.9 Å². The summed E-state index contributed by atoms with van der Waals surface area (Å²) in [7, 11) is -3.69. The minimum absolute atomic E-state index is 0.139. The molecule has 4 nitrogen and oxygen atoms in total. The highest BCUT2D eigenvalue weighted by Gasteiger charge is 2.17. The molecule has 0 saturated heterocycles. The average molecular weight is 335 g/mol. The molecule has 1 aromatic carbocycles. The van der Waals surface area contributed by atoms with E-state index in [1.165, 1.54) is 18.2 Å². The second-order valence-corrected chi connectivity index (χ2v) is 7.48. The van der Waals surface area contributed by atoms with E-state index in [-0.39, 0.29) is 14.9 Å². The van der Waals surface area contributed by atoms with Crippen LogP contribution in [0.25, 0.3) is 0 Å². The maximum Gasteiger partial charge on any atom is 0.271 e. The van der Waals surface area contributed by atoms with E-state index in [4.69, 9.17) is 17.3 Å². The molecule has 0 atom stereocenters. The van der Waals surface area contributed by atoms with Crippen molar-refractivity contribution in [2.75, 3.05) is 11.3 Å². The Balaban J connectivity index is 2.23. The summed E-state index contributed by atoms with van der Waals surface area (Å²) in [6, 6.07) is 6.89. The zero-order valence-electron chi connectivity index (χ0n) is 10.3. The molecule has 0 aliphatic carbocycles. The third-order valence-corrected chi connectivity index (χ3v) is 5.77. The Labute approximate surface area is 125 Å². The van der Waals surface area contributed by atoms with Gasteiger partial charge in [0.05, 0.1) is 10.7 Å². The molecule has 0 aliphatic rings. The summed E-state index contributed by atoms with van der Waals surface area (Å²) in [5.74, 6) is -0.601. The molecule has 2 aromatic rings. The fraction of sp³-hybridized carbons (Fsp3) is 0.167.